The number of hydrogen-bond acceptors (Lipinski definition) is 4. The first-order valence-corrected chi connectivity index (χ1v) is 6.58. The van der Waals surface area contributed by atoms with Gasteiger partial charge in [0.2, 0.25) is 0 Å². The number of carbonyl (C=O) groups excluding carboxylic acids is 1. The second-order valence-corrected chi connectivity index (χ2v) is 5.09. The van der Waals surface area contributed by atoms with Gasteiger partial charge in [0, 0.05) is 23.7 Å². The van der Waals surface area contributed by atoms with Gasteiger partial charge in [-0.2, -0.15) is 0 Å². The Balaban J connectivity index is 3.14. The molecule has 1 aromatic carbocycles. The summed E-state index contributed by atoms with van der Waals surface area (Å²) in [5, 5.41) is 19.9. The molecular formula is C13H15ClN2O5. The lowest BCUT2D eigenvalue weighted by Gasteiger charge is -2.26. The van der Waals surface area contributed by atoms with E-state index in [1.165, 1.54) is 17.0 Å². The van der Waals surface area contributed by atoms with Gasteiger partial charge in [0.15, 0.2) is 0 Å². The Morgan fingerprint density at radius 3 is 2.52 bits per heavy atom. The zero-order valence-electron chi connectivity index (χ0n) is 11.6. The molecule has 0 radical (unpaired) electrons. The van der Waals surface area contributed by atoms with Gasteiger partial charge in [-0.1, -0.05) is 11.6 Å². The van der Waals surface area contributed by atoms with Gasteiger partial charge >= 0.3 is 5.97 Å². The van der Waals surface area contributed by atoms with Crippen LogP contribution in [0.3, 0.4) is 0 Å². The number of aliphatic carboxylic acids is 1. The van der Waals surface area contributed by atoms with Crippen molar-refractivity contribution in [3.8, 4) is 0 Å². The number of carboxylic acids is 1. The molecule has 0 aliphatic carbocycles. The molecule has 114 valence electrons. The van der Waals surface area contributed by atoms with E-state index in [0.29, 0.717) is 0 Å². The Morgan fingerprint density at radius 1 is 1.43 bits per heavy atom. The molecule has 0 atom stereocenters. The number of rotatable bonds is 6. The summed E-state index contributed by atoms with van der Waals surface area (Å²) in [6, 6.07) is 3.48. The SMILES string of the molecule is CC(C)N(CCC(=O)O)C(=O)c1ccc(Cl)cc1[N+](=O)[O-]. The molecule has 0 aliphatic heterocycles. The fraction of sp³-hybridized carbons (Fsp3) is 0.385. The molecule has 0 aliphatic rings. The Bertz CT molecular complexity index is 574. The summed E-state index contributed by atoms with van der Waals surface area (Å²) >= 11 is 5.70. The lowest BCUT2D eigenvalue weighted by molar-refractivity contribution is -0.385. The van der Waals surface area contributed by atoms with Gasteiger partial charge in [0.05, 0.1) is 11.3 Å². The fourth-order valence-corrected chi connectivity index (χ4v) is 1.97. The van der Waals surface area contributed by atoms with Gasteiger partial charge in [-0.3, -0.25) is 19.7 Å². The number of halogens is 1. The molecule has 0 saturated heterocycles. The fourth-order valence-electron chi connectivity index (χ4n) is 1.80. The van der Waals surface area contributed by atoms with Crippen molar-refractivity contribution in [3.05, 3.63) is 38.9 Å². The lowest BCUT2D eigenvalue weighted by Crippen LogP contribution is -2.38. The number of benzene rings is 1. The predicted octanol–water partition coefficient (Wildman–Crippen LogP) is 2.57. The van der Waals surface area contributed by atoms with Crippen molar-refractivity contribution in [2.45, 2.75) is 26.3 Å². The monoisotopic (exact) mass is 314 g/mol. The maximum absolute atomic E-state index is 12.4. The number of amides is 1. The van der Waals surface area contributed by atoms with Crippen molar-refractivity contribution < 1.29 is 19.6 Å². The van der Waals surface area contributed by atoms with Crippen molar-refractivity contribution in [1.29, 1.82) is 0 Å². The van der Waals surface area contributed by atoms with Crippen molar-refractivity contribution in [2.24, 2.45) is 0 Å². The van der Waals surface area contributed by atoms with Gasteiger partial charge in [-0.15, -0.1) is 0 Å². The molecule has 1 aromatic rings. The highest BCUT2D eigenvalue weighted by Gasteiger charge is 2.26. The quantitative estimate of drug-likeness (QED) is 0.642. The maximum Gasteiger partial charge on any atom is 0.305 e. The van der Waals surface area contributed by atoms with E-state index in [-0.39, 0.29) is 29.6 Å². The van der Waals surface area contributed by atoms with Crippen molar-refractivity contribution >= 4 is 29.2 Å². The highest BCUT2D eigenvalue weighted by molar-refractivity contribution is 6.31. The van der Waals surface area contributed by atoms with E-state index in [2.05, 4.69) is 0 Å². The summed E-state index contributed by atoms with van der Waals surface area (Å²) in [6.07, 6.45) is -0.231. The Labute approximate surface area is 126 Å². The lowest BCUT2D eigenvalue weighted by atomic mass is 10.1. The molecule has 0 unspecified atom stereocenters. The molecule has 0 spiro atoms. The van der Waals surface area contributed by atoms with Crippen LogP contribution in [0, 0.1) is 10.1 Å². The second-order valence-electron chi connectivity index (χ2n) is 4.65. The highest BCUT2D eigenvalue weighted by atomic mass is 35.5. The molecule has 1 rings (SSSR count). The van der Waals surface area contributed by atoms with Crippen LogP contribution < -0.4 is 0 Å². The summed E-state index contributed by atoms with van der Waals surface area (Å²) in [5.74, 6) is -1.63. The number of nitrogens with zero attached hydrogens (tertiary/aromatic N) is 2. The number of hydrogen-bond donors (Lipinski definition) is 1. The van der Waals surface area contributed by atoms with Crippen LogP contribution in [0.15, 0.2) is 18.2 Å². The third-order valence-electron chi connectivity index (χ3n) is 2.84. The molecule has 0 aromatic heterocycles. The predicted molar refractivity (Wildman–Crippen MR) is 76.5 cm³/mol. The summed E-state index contributed by atoms with van der Waals surface area (Å²) < 4.78 is 0. The van der Waals surface area contributed by atoms with Crippen LogP contribution in [0.1, 0.15) is 30.6 Å². The summed E-state index contributed by atoms with van der Waals surface area (Å²) in [4.78, 5) is 34.7. The first-order chi connectivity index (χ1) is 9.73. The van der Waals surface area contributed by atoms with Crippen LogP contribution in [0.5, 0.6) is 0 Å². The standard InChI is InChI=1S/C13H15ClN2O5/c1-8(2)15(6-5-12(17)18)13(19)10-4-3-9(14)7-11(10)16(20)21/h3-4,7-8H,5-6H2,1-2H3,(H,17,18). The number of carboxylic acid groups (broad SMARTS) is 1. The topological polar surface area (TPSA) is 101 Å². The van der Waals surface area contributed by atoms with Crippen LogP contribution in [-0.4, -0.2) is 39.4 Å². The van der Waals surface area contributed by atoms with Gasteiger partial charge in [0.1, 0.15) is 5.56 Å². The van der Waals surface area contributed by atoms with Crippen molar-refractivity contribution in [2.75, 3.05) is 6.54 Å². The number of nitro groups is 1. The normalized spacial score (nSPS) is 10.5. The van der Waals surface area contributed by atoms with E-state index in [0.717, 1.165) is 6.07 Å². The molecule has 7 nitrogen and oxygen atoms in total. The average Bonchev–Trinajstić information content (AvgIpc) is 2.37. The summed E-state index contributed by atoms with van der Waals surface area (Å²) in [5.41, 5.74) is -0.503. The minimum absolute atomic E-state index is 0.0222. The van der Waals surface area contributed by atoms with Crippen LogP contribution in [0.25, 0.3) is 0 Å². The first-order valence-electron chi connectivity index (χ1n) is 6.20. The Hall–Kier alpha value is -2.15. The van der Waals surface area contributed by atoms with Crippen LogP contribution >= 0.6 is 11.6 Å². The first kappa shape index (κ1) is 16.9. The molecule has 0 saturated carbocycles. The van der Waals surface area contributed by atoms with Gasteiger partial charge in [0.25, 0.3) is 11.6 Å². The number of carbonyl (C=O) groups is 2. The van der Waals surface area contributed by atoms with E-state index in [1.54, 1.807) is 13.8 Å². The largest absolute Gasteiger partial charge is 0.481 e. The van der Waals surface area contributed by atoms with Crippen molar-refractivity contribution in [1.82, 2.24) is 4.90 Å². The maximum atomic E-state index is 12.4. The third kappa shape index (κ3) is 4.42. The number of nitro benzene ring substituents is 1. The smallest absolute Gasteiger partial charge is 0.305 e. The van der Waals surface area contributed by atoms with E-state index in [1.807, 2.05) is 0 Å². The van der Waals surface area contributed by atoms with E-state index >= 15 is 0 Å². The van der Waals surface area contributed by atoms with Gasteiger partial charge in [-0.05, 0) is 26.0 Å². The van der Waals surface area contributed by atoms with E-state index in [9.17, 15) is 19.7 Å². The van der Waals surface area contributed by atoms with E-state index < -0.39 is 22.5 Å². The molecule has 0 heterocycles. The zero-order chi connectivity index (χ0) is 16.2. The molecule has 0 bridgehead atoms. The van der Waals surface area contributed by atoms with Crippen molar-refractivity contribution in [3.63, 3.8) is 0 Å². The van der Waals surface area contributed by atoms with Crippen LogP contribution in [-0.2, 0) is 4.79 Å². The second kappa shape index (κ2) is 7.03. The van der Waals surface area contributed by atoms with E-state index in [4.69, 9.17) is 16.7 Å². The van der Waals surface area contributed by atoms with Gasteiger partial charge < -0.3 is 10.0 Å². The highest BCUT2D eigenvalue weighted by Crippen LogP contribution is 2.25. The molecule has 1 N–H and O–H groups in total. The minimum atomic E-state index is -1.04. The molecule has 21 heavy (non-hydrogen) atoms. The molecule has 0 fully saturated rings. The molecule has 8 heteroatoms. The van der Waals surface area contributed by atoms with Crippen LogP contribution in [0.2, 0.25) is 5.02 Å². The van der Waals surface area contributed by atoms with Crippen LogP contribution in [0.4, 0.5) is 5.69 Å². The average molecular weight is 315 g/mol. The summed E-state index contributed by atoms with van der Waals surface area (Å²) in [6.45, 7) is 3.40. The zero-order valence-corrected chi connectivity index (χ0v) is 12.3. The molecule has 1 amide bonds. The Kier molecular flexibility index (Phi) is 5.66. The van der Waals surface area contributed by atoms with Gasteiger partial charge in [-0.25, -0.2) is 0 Å². The summed E-state index contributed by atoms with van der Waals surface area (Å²) in [7, 11) is 0. The Morgan fingerprint density at radius 2 is 2.05 bits per heavy atom. The minimum Gasteiger partial charge on any atom is -0.481 e. The molecular weight excluding hydrogens is 300 g/mol. The third-order valence-corrected chi connectivity index (χ3v) is 3.07.